The van der Waals surface area contributed by atoms with Crippen molar-refractivity contribution >= 4 is 5.97 Å². The maximum atomic E-state index is 10.4. The van der Waals surface area contributed by atoms with Gasteiger partial charge in [0.1, 0.15) is 11.8 Å². The number of carboxylic acids is 1. The molecule has 0 aliphatic carbocycles. The zero-order valence-corrected chi connectivity index (χ0v) is 8.22. The van der Waals surface area contributed by atoms with E-state index in [4.69, 9.17) is 15.9 Å². The molecule has 0 aromatic heterocycles. The molecule has 14 heavy (non-hydrogen) atoms. The molecule has 1 rings (SSSR count). The molecule has 4 nitrogen and oxygen atoms in total. The van der Waals surface area contributed by atoms with E-state index in [0.717, 1.165) is 5.56 Å². The number of rotatable bonds is 3. The van der Waals surface area contributed by atoms with Crippen LogP contribution in [-0.2, 0) is 28.3 Å². The summed E-state index contributed by atoms with van der Waals surface area (Å²) in [6.07, 6.45) is 0.273. The molecule has 1 aromatic carbocycles. The fourth-order valence-corrected chi connectivity index (χ4v) is 0.973. The number of nitrogens with two attached hydrogens (primary N) is 1. The van der Waals surface area contributed by atoms with E-state index in [1.807, 2.05) is 0 Å². The SMILES string of the molecule is NC(Cc1ccc(O)cc1)C(=O)O.[Cu]. The van der Waals surface area contributed by atoms with Crippen molar-refractivity contribution in [3.63, 3.8) is 0 Å². The molecule has 4 N–H and O–H groups in total. The van der Waals surface area contributed by atoms with Crippen LogP contribution in [0.3, 0.4) is 0 Å². The third-order valence-corrected chi connectivity index (χ3v) is 1.71. The summed E-state index contributed by atoms with van der Waals surface area (Å²) in [5.41, 5.74) is 6.12. The van der Waals surface area contributed by atoms with E-state index in [0.29, 0.717) is 0 Å². The van der Waals surface area contributed by atoms with E-state index in [1.54, 1.807) is 12.1 Å². The number of carboxylic acid groups (broad SMARTS) is 1. The number of hydrogen-bond acceptors (Lipinski definition) is 3. The molecule has 1 aromatic rings. The van der Waals surface area contributed by atoms with Crippen molar-refractivity contribution in [1.29, 1.82) is 0 Å². The number of hydrogen-bond donors (Lipinski definition) is 3. The number of aromatic hydroxyl groups is 1. The molecular weight excluding hydrogens is 234 g/mol. The average molecular weight is 245 g/mol. The maximum absolute atomic E-state index is 10.4. The number of carbonyl (C=O) groups is 1. The Labute approximate surface area is 92.2 Å². The van der Waals surface area contributed by atoms with Crippen LogP contribution in [-0.4, -0.2) is 22.2 Å². The van der Waals surface area contributed by atoms with Gasteiger partial charge in [-0.3, -0.25) is 4.79 Å². The van der Waals surface area contributed by atoms with Gasteiger partial charge in [0.25, 0.3) is 0 Å². The summed E-state index contributed by atoms with van der Waals surface area (Å²) in [5, 5.41) is 17.5. The second kappa shape index (κ2) is 5.65. The van der Waals surface area contributed by atoms with E-state index < -0.39 is 12.0 Å². The van der Waals surface area contributed by atoms with Crippen LogP contribution in [0.25, 0.3) is 0 Å². The molecule has 0 saturated heterocycles. The van der Waals surface area contributed by atoms with Gasteiger partial charge >= 0.3 is 5.97 Å². The van der Waals surface area contributed by atoms with Gasteiger partial charge in [-0.05, 0) is 24.1 Å². The van der Waals surface area contributed by atoms with Crippen LogP contribution in [0.1, 0.15) is 5.56 Å². The molecule has 0 fully saturated rings. The smallest absolute Gasteiger partial charge is 0.320 e. The summed E-state index contributed by atoms with van der Waals surface area (Å²) in [5.74, 6) is -0.860. The minimum Gasteiger partial charge on any atom is -0.508 e. The topological polar surface area (TPSA) is 83.5 Å². The molecular formula is C9H11CuNO3. The third-order valence-electron chi connectivity index (χ3n) is 1.71. The van der Waals surface area contributed by atoms with Gasteiger partial charge in [0.2, 0.25) is 0 Å². The second-order valence-electron chi connectivity index (χ2n) is 2.82. The zero-order chi connectivity index (χ0) is 9.84. The molecule has 1 unspecified atom stereocenters. The molecule has 0 aliphatic heterocycles. The Hall–Kier alpha value is -1.03. The molecule has 0 aliphatic rings. The minimum absolute atomic E-state index is 0. The molecule has 0 heterocycles. The van der Waals surface area contributed by atoms with E-state index in [9.17, 15) is 4.79 Å². The van der Waals surface area contributed by atoms with Crippen molar-refractivity contribution in [3.05, 3.63) is 29.8 Å². The van der Waals surface area contributed by atoms with Crippen molar-refractivity contribution in [1.82, 2.24) is 0 Å². The Morgan fingerprint density at radius 3 is 2.29 bits per heavy atom. The van der Waals surface area contributed by atoms with Crippen molar-refractivity contribution in [3.8, 4) is 5.75 Å². The first-order valence-corrected chi connectivity index (χ1v) is 3.86. The minimum atomic E-state index is -1.02. The molecule has 0 bridgehead atoms. The summed E-state index contributed by atoms with van der Waals surface area (Å²) >= 11 is 0. The molecule has 1 radical (unpaired) electrons. The Balaban J connectivity index is 0.00000169. The first kappa shape index (κ1) is 13.0. The fourth-order valence-electron chi connectivity index (χ4n) is 0.973. The van der Waals surface area contributed by atoms with Gasteiger partial charge in [-0.15, -0.1) is 0 Å². The number of phenols is 1. The normalized spacial score (nSPS) is 11.5. The van der Waals surface area contributed by atoms with E-state index in [1.165, 1.54) is 12.1 Å². The van der Waals surface area contributed by atoms with Crippen LogP contribution in [0.15, 0.2) is 24.3 Å². The van der Waals surface area contributed by atoms with Gasteiger partial charge in [-0.25, -0.2) is 0 Å². The predicted molar refractivity (Wildman–Crippen MR) is 47.4 cm³/mol. The Morgan fingerprint density at radius 1 is 1.36 bits per heavy atom. The van der Waals surface area contributed by atoms with Crippen molar-refractivity contribution in [2.24, 2.45) is 5.73 Å². The largest absolute Gasteiger partial charge is 0.508 e. The van der Waals surface area contributed by atoms with E-state index >= 15 is 0 Å². The Morgan fingerprint density at radius 2 is 1.86 bits per heavy atom. The first-order chi connectivity index (χ1) is 6.09. The number of benzene rings is 1. The Bertz CT molecular complexity index is 299. The van der Waals surface area contributed by atoms with Gasteiger partial charge in [0.15, 0.2) is 0 Å². The van der Waals surface area contributed by atoms with Gasteiger partial charge in [-0.2, -0.15) is 0 Å². The summed E-state index contributed by atoms with van der Waals surface area (Å²) in [4.78, 5) is 10.4. The molecule has 0 amide bonds. The van der Waals surface area contributed by atoms with E-state index in [2.05, 4.69) is 0 Å². The number of aliphatic carboxylic acids is 1. The monoisotopic (exact) mass is 244 g/mol. The van der Waals surface area contributed by atoms with Crippen LogP contribution in [0, 0.1) is 0 Å². The van der Waals surface area contributed by atoms with Gasteiger partial charge in [-0.1, -0.05) is 12.1 Å². The second-order valence-corrected chi connectivity index (χ2v) is 2.82. The van der Waals surface area contributed by atoms with Gasteiger partial charge < -0.3 is 15.9 Å². The van der Waals surface area contributed by atoms with Gasteiger partial charge in [0.05, 0.1) is 0 Å². The average Bonchev–Trinajstić information content (AvgIpc) is 2.08. The van der Waals surface area contributed by atoms with Crippen LogP contribution >= 0.6 is 0 Å². The van der Waals surface area contributed by atoms with Crippen LogP contribution in [0.2, 0.25) is 0 Å². The zero-order valence-electron chi connectivity index (χ0n) is 7.28. The fraction of sp³-hybridized carbons (Fsp3) is 0.222. The summed E-state index contributed by atoms with van der Waals surface area (Å²) in [6, 6.07) is 5.42. The van der Waals surface area contributed by atoms with Crippen LogP contribution in [0.4, 0.5) is 0 Å². The molecule has 0 spiro atoms. The summed E-state index contributed by atoms with van der Waals surface area (Å²) in [7, 11) is 0. The number of phenolic OH excluding ortho intramolecular Hbond substituents is 1. The van der Waals surface area contributed by atoms with Crippen molar-refractivity contribution in [2.75, 3.05) is 0 Å². The third kappa shape index (κ3) is 3.79. The molecule has 5 heteroatoms. The van der Waals surface area contributed by atoms with E-state index in [-0.39, 0.29) is 29.2 Å². The van der Waals surface area contributed by atoms with Crippen molar-refractivity contribution < 1.29 is 32.1 Å². The summed E-state index contributed by atoms with van der Waals surface area (Å²) in [6.45, 7) is 0. The molecule has 1 atom stereocenters. The summed E-state index contributed by atoms with van der Waals surface area (Å²) < 4.78 is 0. The molecule has 81 valence electrons. The predicted octanol–water partition coefficient (Wildman–Crippen LogP) is 0.344. The van der Waals surface area contributed by atoms with Crippen LogP contribution in [0.5, 0.6) is 5.75 Å². The molecule has 0 saturated carbocycles. The Kier molecular flexibility index (Phi) is 5.23. The van der Waals surface area contributed by atoms with Crippen molar-refractivity contribution in [2.45, 2.75) is 12.5 Å². The first-order valence-electron chi connectivity index (χ1n) is 3.86. The quantitative estimate of drug-likeness (QED) is 0.670. The maximum Gasteiger partial charge on any atom is 0.320 e. The van der Waals surface area contributed by atoms with Gasteiger partial charge in [0, 0.05) is 17.1 Å². The standard InChI is InChI=1S/C9H11NO3.Cu/c10-8(9(12)13)5-6-1-3-7(11)4-2-6;/h1-4,8,11H,5,10H2,(H,12,13);. The van der Waals surface area contributed by atoms with Crippen LogP contribution < -0.4 is 5.73 Å².